The smallest absolute Gasteiger partial charge is 0.271 e. The van der Waals surface area contributed by atoms with Crippen LogP contribution in [0.5, 0.6) is 0 Å². The molecule has 2 rings (SSSR count). The topological polar surface area (TPSA) is 65.8 Å². The molecule has 0 spiro atoms. The molecule has 1 N–H and O–H groups in total. The zero-order valence-electron chi connectivity index (χ0n) is 9.16. The lowest BCUT2D eigenvalue weighted by Crippen LogP contribution is -2.35. The van der Waals surface area contributed by atoms with Gasteiger partial charge in [-0.15, -0.1) is 0 Å². The van der Waals surface area contributed by atoms with Crippen LogP contribution in [0.25, 0.3) is 0 Å². The Hall–Kier alpha value is -1.89. The van der Waals surface area contributed by atoms with Crippen molar-refractivity contribution >= 4 is 5.91 Å². The molecule has 1 amide bonds. The van der Waals surface area contributed by atoms with Gasteiger partial charge in [-0.05, 0) is 30.9 Å². The number of amides is 1. The summed E-state index contributed by atoms with van der Waals surface area (Å²) in [7, 11) is 0. The number of nitriles is 1. The number of aromatic nitrogens is 1. The summed E-state index contributed by atoms with van der Waals surface area (Å²) in [5.74, 6) is -0.262. The number of nitrogens with zero attached hydrogens (tertiary/aromatic N) is 2. The highest BCUT2D eigenvalue weighted by Gasteiger charge is 2.44. The monoisotopic (exact) mass is 215 g/mol. The molecule has 1 aliphatic rings. The van der Waals surface area contributed by atoms with Crippen molar-refractivity contribution in [1.29, 1.82) is 5.26 Å². The number of pyridine rings is 1. The molecule has 16 heavy (non-hydrogen) atoms. The molecule has 0 saturated heterocycles. The second kappa shape index (κ2) is 3.93. The molecule has 1 aromatic heterocycles. The van der Waals surface area contributed by atoms with E-state index in [1.165, 1.54) is 0 Å². The molecule has 0 bridgehead atoms. The van der Waals surface area contributed by atoms with Crippen LogP contribution in [-0.4, -0.2) is 16.4 Å². The maximum atomic E-state index is 11.7. The number of carbonyl (C=O) groups excluding carboxylic acids is 1. The van der Waals surface area contributed by atoms with Gasteiger partial charge in [-0.25, -0.2) is 0 Å². The lowest BCUT2D eigenvalue weighted by Gasteiger charge is -2.08. The Morgan fingerprint density at radius 3 is 2.81 bits per heavy atom. The Morgan fingerprint density at radius 2 is 2.38 bits per heavy atom. The zero-order valence-corrected chi connectivity index (χ0v) is 9.16. The minimum atomic E-state index is -0.623. The van der Waals surface area contributed by atoms with Gasteiger partial charge in [-0.2, -0.15) is 5.26 Å². The van der Waals surface area contributed by atoms with Gasteiger partial charge in [-0.1, -0.05) is 13.0 Å². The molecule has 1 saturated carbocycles. The van der Waals surface area contributed by atoms with Crippen molar-refractivity contribution in [3.8, 4) is 6.07 Å². The largest absolute Gasteiger partial charge is 0.332 e. The van der Waals surface area contributed by atoms with Crippen molar-refractivity contribution in [3.63, 3.8) is 0 Å². The number of carbonyl (C=O) groups is 1. The molecule has 82 valence electrons. The molecule has 0 aromatic carbocycles. The highest BCUT2D eigenvalue weighted by Crippen LogP contribution is 2.34. The maximum Gasteiger partial charge on any atom is 0.271 e. The van der Waals surface area contributed by atoms with E-state index in [0.29, 0.717) is 5.69 Å². The molecule has 0 unspecified atom stereocenters. The maximum absolute atomic E-state index is 11.7. The fourth-order valence-electron chi connectivity index (χ4n) is 1.44. The number of nitrogens with one attached hydrogen (secondary N) is 1. The summed E-state index contributed by atoms with van der Waals surface area (Å²) in [4.78, 5) is 15.8. The van der Waals surface area contributed by atoms with Crippen LogP contribution in [-0.2, 0) is 6.42 Å². The van der Waals surface area contributed by atoms with Gasteiger partial charge in [-0.3, -0.25) is 9.78 Å². The molecule has 4 nitrogen and oxygen atoms in total. The van der Waals surface area contributed by atoms with E-state index in [1.807, 2.05) is 13.0 Å². The summed E-state index contributed by atoms with van der Waals surface area (Å²) < 4.78 is 0. The molecule has 1 aliphatic carbocycles. The summed E-state index contributed by atoms with van der Waals surface area (Å²) >= 11 is 0. The molecular weight excluding hydrogens is 202 g/mol. The molecule has 0 radical (unpaired) electrons. The van der Waals surface area contributed by atoms with Gasteiger partial charge in [0.25, 0.3) is 5.91 Å². The first-order valence-corrected chi connectivity index (χ1v) is 5.38. The highest BCUT2D eigenvalue weighted by molar-refractivity contribution is 5.93. The minimum Gasteiger partial charge on any atom is -0.332 e. The van der Waals surface area contributed by atoms with Gasteiger partial charge < -0.3 is 5.32 Å². The van der Waals surface area contributed by atoms with Crippen molar-refractivity contribution in [1.82, 2.24) is 10.3 Å². The van der Waals surface area contributed by atoms with Gasteiger partial charge in [0.05, 0.1) is 6.07 Å². The standard InChI is InChI=1S/C12H13N3O/c1-2-9-3-4-10(14-7-9)11(16)15-12(8-13)5-6-12/h3-4,7H,2,5-6H2,1H3,(H,15,16). The summed E-state index contributed by atoms with van der Waals surface area (Å²) in [6.45, 7) is 2.03. The zero-order chi connectivity index (χ0) is 11.6. The Kier molecular flexibility index (Phi) is 2.61. The van der Waals surface area contributed by atoms with E-state index in [2.05, 4.69) is 16.4 Å². The Morgan fingerprint density at radius 1 is 1.62 bits per heavy atom. The molecule has 1 fully saturated rings. The second-order valence-electron chi connectivity index (χ2n) is 4.05. The molecule has 1 aromatic rings. The SMILES string of the molecule is CCc1ccc(C(=O)NC2(C#N)CC2)nc1. The van der Waals surface area contributed by atoms with Crippen LogP contribution in [0, 0.1) is 11.3 Å². The predicted octanol–water partition coefficient (Wildman–Crippen LogP) is 1.43. The quantitative estimate of drug-likeness (QED) is 0.829. The molecule has 1 heterocycles. The lowest BCUT2D eigenvalue weighted by molar-refractivity contribution is 0.0936. The fraction of sp³-hybridized carbons (Fsp3) is 0.417. The second-order valence-corrected chi connectivity index (χ2v) is 4.05. The van der Waals surface area contributed by atoms with Gasteiger partial charge in [0.2, 0.25) is 0 Å². The third kappa shape index (κ3) is 2.03. The van der Waals surface area contributed by atoms with Gasteiger partial charge in [0.15, 0.2) is 0 Å². The van der Waals surface area contributed by atoms with Crippen LogP contribution in [0.4, 0.5) is 0 Å². The molecule has 0 aliphatic heterocycles. The van der Waals surface area contributed by atoms with E-state index in [0.717, 1.165) is 24.8 Å². The predicted molar refractivity (Wildman–Crippen MR) is 58.7 cm³/mol. The molecule has 4 heteroatoms. The normalized spacial score (nSPS) is 16.2. The summed E-state index contributed by atoms with van der Waals surface area (Å²) in [6.07, 6.45) is 4.07. The summed E-state index contributed by atoms with van der Waals surface area (Å²) in [5, 5.41) is 11.6. The Balaban J connectivity index is 2.07. The average Bonchev–Trinajstić information content (AvgIpc) is 3.09. The van der Waals surface area contributed by atoms with Gasteiger partial charge in [0.1, 0.15) is 11.2 Å². The van der Waals surface area contributed by atoms with E-state index >= 15 is 0 Å². The first kappa shape index (κ1) is 10.6. The highest BCUT2D eigenvalue weighted by atomic mass is 16.2. The first-order chi connectivity index (χ1) is 7.69. The van der Waals surface area contributed by atoms with Crippen LogP contribution >= 0.6 is 0 Å². The van der Waals surface area contributed by atoms with Crippen molar-refractivity contribution in [2.75, 3.05) is 0 Å². The minimum absolute atomic E-state index is 0.262. The van der Waals surface area contributed by atoms with Crippen molar-refractivity contribution in [3.05, 3.63) is 29.6 Å². The van der Waals surface area contributed by atoms with E-state index < -0.39 is 5.54 Å². The number of hydrogen-bond donors (Lipinski definition) is 1. The van der Waals surface area contributed by atoms with Crippen molar-refractivity contribution in [2.24, 2.45) is 0 Å². The van der Waals surface area contributed by atoms with Crippen LogP contribution in [0.15, 0.2) is 18.3 Å². The average molecular weight is 215 g/mol. The Labute approximate surface area is 94.3 Å². The third-order valence-electron chi connectivity index (χ3n) is 2.78. The first-order valence-electron chi connectivity index (χ1n) is 5.38. The fourth-order valence-corrected chi connectivity index (χ4v) is 1.44. The third-order valence-corrected chi connectivity index (χ3v) is 2.78. The lowest BCUT2D eigenvalue weighted by atomic mass is 10.2. The van der Waals surface area contributed by atoms with E-state index in [-0.39, 0.29) is 5.91 Å². The van der Waals surface area contributed by atoms with Gasteiger partial charge in [0, 0.05) is 6.20 Å². The Bertz CT molecular complexity index is 440. The van der Waals surface area contributed by atoms with E-state index in [9.17, 15) is 4.79 Å². The van der Waals surface area contributed by atoms with Crippen LogP contribution in [0.2, 0.25) is 0 Å². The van der Waals surface area contributed by atoms with Gasteiger partial charge >= 0.3 is 0 Å². The summed E-state index contributed by atoms with van der Waals surface area (Å²) in [6, 6.07) is 5.69. The summed E-state index contributed by atoms with van der Waals surface area (Å²) in [5.41, 5.74) is 0.846. The van der Waals surface area contributed by atoms with E-state index in [4.69, 9.17) is 5.26 Å². The molecular formula is C12H13N3O. The van der Waals surface area contributed by atoms with Crippen molar-refractivity contribution in [2.45, 2.75) is 31.7 Å². The van der Waals surface area contributed by atoms with E-state index in [1.54, 1.807) is 12.3 Å². The van der Waals surface area contributed by atoms with Crippen LogP contribution in [0.3, 0.4) is 0 Å². The van der Waals surface area contributed by atoms with Crippen molar-refractivity contribution < 1.29 is 4.79 Å². The number of rotatable bonds is 3. The number of aryl methyl sites for hydroxylation is 1. The number of hydrogen-bond acceptors (Lipinski definition) is 3. The van der Waals surface area contributed by atoms with Crippen LogP contribution in [0.1, 0.15) is 35.8 Å². The van der Waals surface area contributed by atoms with Crippen LogP contribution < -0.4 is 5.32 Å². The molecule has 0 atom stereocenters.